The maximum atomic E-state index is 10.2. The van der Waals surface area contributed by atoms with Crippen LogP contribution in [-0.2, 0) is 6.42 Å². The molecule has 2 nitrogen and oxygen atoms in total. The van der Waals surface area contributed by atoms with Crippen molar-refractivity contribution in [2.75, 3.05) is 7.11 Å². The fourth-order valence-electron chi connectivity index (χ4n) is 2.63. The predicted molar refractivity (Wildman–Crippen MR) is 78.9 cm³/mol. The Bertz CT molecular complexity index is 454. The molecular formula is C16H21ClO2. The van der Waals surface area contributed by atoms with Crippen molar-refractivity contribution in [2.24, 2.45) is 0 Å². The zero-order valence-corrected chi connectivity index (χ0v) is 12.1. The molecule has 0 saturated carbocycles. The lowest BCUT2D eigenvalue weighted by molar-refractivity contribution is 0.172. The molecule has 0 spiro atoms. The summed E-state index contributed by atoms with van der Waals surface area (Å²) in [6.07, 6.45) is 8.07. The van der Waals surface area contributed by atoms with Crippen molar-refractivity contribution in [2.45, 2.75) is 44.6 Å². The smallest absolute Gasteiger partial charge is 0.122 e. The van der Waals surface area contributed by atoms with E-state index in [-0.39, 0.29) is 6.10 Å². The van der Waals surface area contributed by atoms with E-state index in [1.807, 2.05) is 12.1 Å². The minimum atomic E-state index is -0.364. The number of halogens is 1. The molecule has 0 radical (unpaired) electrons. The molecule has 3 heteroatoms. The zero-order valence-electron chi connectivity index (χ0n) is 11.4. The van der Waals surface area contributed by atoms with Gasteiger partial charge in [-0.3, -0.25) is 0 Å². The lowest BCUT2D eigenvalue weighted by atomic mass is 9.93. The highest BCUT2D eigenvalue weighted by Crippen LogP contribution is 2.27. The molecule has 1 atom stereocenters. The Kier molecular flexibility index (Phi) is 5.29. The number of aliphatic hydroxyl groups is 1. The second-order valence-corrected chi connectivity index (χ2v) is 5.56. The van der Waals surface area contributed by atoms with Crippen LogP contribution in [0.1, 0.15) is 37.7 Å². The maximum absolute atomic E-state index is 10.2. The van der Waals surface area contributed by atoms with Gasteiger partial charge in [0.2, 0.25) is 0 Å². The van der Waals surface area contributed by atoms with Crippen molar-refractivity contribution in [1.82, 2.24) is 0 Å². The van der Waals surface area contributed by atoms with Gasteiger partial charge in [-0.05, 0) is 55.9 Å². The number of rotatable bonds is 5. The first-order valence-corrected chi connectivity index (χ1v) is 7.25. The Morgan fingerprint density at radius 1 is 1.32 bits per heavy atom. The number of hydrogen-bond donors (Lipinski definition) is 1. The van der Waals surface area contributed by atoms with E-state index in [1.54, 1.807) is 13.2 Å². The minimum absolute atomic E-state index is 0.364. The van der Waals surface area contributed by atoms with E-state index in [2.05, 4.69) is 6.08 Å². The second-order valence-electron chi connectivity index (χ2n) is 5.13. The van der Waals surface area contributed by atoms with Crippen molar-refractivity contribution in [1.29, 1.82) is 0 Å². The van der Waals surface area contributed by atoms with Crippen molar-refractivity contribution in [3.8, 4) is 5.75 Å². The van der Waals surface area contributed by atoms with Crippen molar-refractivity contribution < 1.29 is 9.84 Å². The largest absolute Gasteiger partial charge is 0.496 e. The quantitative estimate of drug-likeness (QED) is 0.822. The molecule has 0 amide bonds. The number of ether oxygens (including phenoxy) is 1. The zero-order chi connectivity index (χ0) is 13.7. The van der Waals surface area contributed by atoms with Gasteiger partial charge in [0.05, 0.1) is 13.2 Å². The number of benzene rings is 1. The Hall–Kier alpha value is -0.990. The molecule has 0 heterocycles. The molecular weight excluding hydrogens is 260 g/mol. The van der Waals surface area contributed by atoms with Gasteiger partial charge in [0.25, 0.3) is 0 Å². The highest BCUT2D eigenvalue weighted by Gasteiger charge is 2.13. The first kappa shape index (κ1) is 14.4. The third-order valence-electron chi connectivity index (χ3n) is 3.58. The Morgan fingerprint density at radius 3 is 2.84 bits per heavy atom. The summed E-state index contributed by atoms with van der Waals surface area (Å²) in [5, 5.41) is 10.9. The van der Waals surface area contributed by atoms with Gasteiger partial charge in [-0.25, -0.2) is 0 Å². The van der Waals surface area contributed by atoms with E-state index >= 15 is 0 Å². The van der Waals surface area contributed by atoms with E-state index in [0.29, 0.717) is 11.4 Å². The normalized spacial score (nSPS) is 16.9. The maximum Gasteiger partial charge on any atom is 0.122 e. The lowest BCUT2D eigenvalue weighted by Crippen LogP contribution is -2.13. The minimum Gasteiger partial charge on any atom is -0.496 e. The first-order valence-electron chi connectivity index (χ1n) is 6.87. The summed E-state index contributed by atoms with van der Waals surface area (Å²) in [4.78, 5) is 0. The molecule has 0 bridgehead atoms. The molecule has 19 heavy (non-hydrogen) atoms. The SMILES string of the molecule is COc1ccc(Cl)cc1CC(O)CC1=CCCCC1. The summed E-state index contributed by atoms with van der Waals surface area (Å²) in [6, 6.07) is 5.53. The summed E-state index contributed by atoms with van der Waals surface area (Å²) >= 11 is 6.00. The van der Waals surface area contributed by atoms with Crippen LogP contribution in [0.15, 0.2) is 29.8 Å². The van der Waals surface area contributed by atoms with E-state index in [1.165, 1.54) is 18.4 Å². The van der Waals surface area contributed by atoms with E-state index in [4.69, 9.17) is 16.3 Å². The van der Waals surface area contributed by atoms with Crippen LogP contribution >= 0.6 is 11.6 Å². The van der Waals surface area contributed by atoms with Gasteiger partial charge in [-0.15, -0.1) is 0 Å². The molecule has 104 valence electrons. The van der Waals surface area contributed by atoms with Gasteiger partial charge in [0.1, 0.15) is 5.75 Å². The third kappa shape index (κ3) is 4.26. The standard InChI is InChI=1S/C16H21ClO2/c1-19-16-8-7-14(17)10-13(16)11-15(18)9-12-5-3-2-4-6-12/h5,7-8,10,15,18H,2-4,6,9,11H2,1H3. The Balaban J connectivity index is 1.99. The monoisotopic (exact) mass is 280 g/mol. The molecule has 1 aromatic rings. The predicted octanol–water partition coefficient (Wildman–Crippen LogP) is 4.14. The number of aliphatic hydroxyl groups excluding tert-OH is 1. The summed E-state index contributed by atoms with van der Waals surface area (Å²) in [7, 11) is 1.64. The van der Waals surface area contributed by atoms with Crippen LogP contribution < -0.4 is 4.74 Å². The number of allylic oxidation sites excluding steroid dienone is 1. The second kappa shape index (κ2) is 6.97. The molecule has 0 fully saturated rings. The molecule has 1 aromatic carbocycles. The van der Waals surface area contributed by atoms with E-state index in [0.717, 1.165) is 30.6 Å². The van der Waals surface area contributed by atoms with E-state index < -0.39 is 0 Å². The highest BCUT2D eigenvalue weighted by molar-refractivity contribution is 6.30. The molecule has 0 saturated heterocycles. The van der Waals surface area contributed by atoms with Gasteiger partial charge >= 0.3 is 0 Å². The molecule has 0 aromatic heterocycles. The van der Waals surface area contributed by atoms with Crippen molar-refractivity contribution in [3.05, 3.63) is 40.4 Å². The Labute approximate surface area is 120 Å². The van der Waals surface area contributed by atoms with Gasteiger partial charge < -0.3 is 9.84 Å². The van der Waals surface area contributed by atoms with Crippen LogP contribution in [0.3, 0.4) is 0 Å². The van der Waals surface area contributed by atoms with Gasteiger partial charge in [-0.1, -0.05) is 23.3 Å². The fraction of sp³-hybridized carbons (Fsp3) is 0.500. The number of methoxy groups -OCH3 is 1. The lowest BCUT2D eigenvalue weighted by Gasteiger charge is -2.18. The highest BCUT2D eigenvalue weighted by atomic mass is 35.5. The molecule has 1 unspecified atom stereocenters. The average molecular weight is 281 g/mol. The fourth-order valence-corrected chi connectivity index (χ4v) is 2.82. The number of hydrogen-bond acceptors (Lipinski definition) is 2. The van der Waals surface area contributed by atoms with Crippen molar-refractivity contribution >= 4 is 11.6 Å². The first-order chi connectivity index (χ1) is 9.19. The van der Waals surface area contributed by atoms with Gasteiger partial charge in [-0.2, -0.15) is 0 Å². The van der Waals surface area contributed by atoms with Crippen LogP contribution in [0.4, 0.5) is 0 Å². The van der Waals surface area contributed by atoms with Crippen LogP contribution in [0.2, 0.25) is 5.02 Å². The summed E-state index contributed by atoms with van der Waals surface area (Å²) in [6.45, 7) is 0. The molecule has 1 aliphatic rings. The summed E-state index contributed by atoms with van der Waals surface area (Å²) in [5.74, 6) is 0.793. The molecule has 1 aliphatic carbocycles. The van der Waals surface area contributed by atoms with Crippen LogP contribution in [0, 0.1) is 0 Å². The summed E-state index contributed by atoms with van der Waals surface area (Å²) < 4.78 is 5.31. The Morgan fingerprint density at radius 2 is 2.16 bits per heavy atom. The van der Waals surface area contributed by atoms with Gasteiger partial charge in [0, 0.05) is 11.4 Å². The van der Waals surface area contributed by atoms with Crippen LogP contribution in [0.25, 0.3) is 0 Å². The van der Waals surface area contributed by atoms with Crippen molar-refractivity contribution in [3.63, 3.8) is 0 Å². The van der Waals surface area contributed by atoms with Crippen LogP contribution in [-0.4, -0.2) is 18.3 Å². The van der Waals surface area contributed by atoms with E-state index in [9.17, 15) is 5.11 Å². The third-order valence-corrected chi connectivity index (χ3v) is 3.82. The molecule has 2 rings (SSSR count). The topological polar surface area (TPSA) is 29.5 Å². The average Bonchev–Trinajstić information content (AvgIpc) is 2.40. The van der Waals surface area contributed by atoms with Crippen LogP contribution in [0.5, 0.6) is 5.75 Å². The molecule has 1 N–H and O–H groups in total. The van der Waals surface area contributed by atoms with Gasteiger partial charge in [0.15, 0.2) is 0 Å². The summed E-state index contributed by atoms with van der Waals surface area (Å²) in [5.41, 5.74) is 2.36. The molecule has 0 aliphatic heterocycles.